The van der Waals surface area contributed by atoms with Gasteiger partial charge in [-0.1, -0.05) is 44.6 Å². The van der Waals surface area contributed by atoms with Crippen molar-refractivity contribution >= 4 is 5.96 Å². The van der Waals surface area contributed by atoms with E-state index in [-0.39, 0.29) is 0 Å². The molecule has 0 atom stereocenters. The molecule has 1 heterocycles. The molecule has 4 heteroatoms. The lowest BCUT2D eigenvalue weighted by molar-refractivity contribution is 0.472. The Labute approximate surface area is 128 Å². The van der Waals surface area contributed by atoms with Gasteiger partial charge in [-0.25, -0.2) is 0 Å². The van der Waals surface area contributed by atoms with Crippen LogP contribution >= 0.6 is 0 Å². The van der Waals surface area contributed by atoms with E-state index < -0.39 is 0 Å². The molecule has 1 aliphatic rings. The van der Waals surface area contributed by atoms with E-state index in [1.165, 1.54) is 44.9 Å². The lowest BCUT2D eigenvalue weighted by Crippen LogP contribution is -2.37. The molecule has 2 N–H and O–H groups in total. The molecule has 0 spiro atoms. The van der Waals surface area contributed by atoms with E-state index in [2.05, 4.69) is 20.6 Å². The molecule has 4 nitrogen and oxygen atoms in total. The van der Waals surface area contributed by atoms with Gasteiger partial charge in [0.1, 0.15) is 0 Å². The number of rotatable bonds is 7. The summed E-state index contributed by atoms with van der Waals surface area (Å²) in [6.07, 6.45) is 11.6. The number of aliphatic imine (C=N–C) groups is 1. The summed E-state index contributed by atoms with van der Waals surface area (Å²) in [4.78, 5) is 8.54. The summed E-state index contributed by atoms with van der Waals surface area (Å²) >= 11 is 0. The van der Waals surface area contributed by atoms with Crippen LogP contribution in [-0.4, -0.2) is 24.5 Å². The molecule has 0 aromatic carbocycles. The second-order valence-electron chi connectivity index (χ2n) is 5.82. The highest BCUT2D eigenvalue weighted by Crippen LogP contribution is 2.28. The molecular weight excluding hydrogens is 260 g/mol. The zero-order valence-corrected chi connectivity index (χ0v) is 13.1. The van der Waals surface area contributed by atoms with E-state index in [9.17, 15) is 0 Å². The molecule has 2 rings (SSSR count). The summed E-state index contributed by atoms with van der Waals surface area (Å²) in [5.74, 6) is 1.87. The molecule has 0 unspecified atom stereocenters. The second-order valence-corrected chi connectivity index (χ2v) is 5.82. The number of hydrogen-bond acceptors (Lipinski definition) is 2. The Morgan fingerprint density at radius 3 is 2.81 bits per heavy atom. The fourth-order valence-corrected chi connectivity index (χ4v) is 2.96. The topological polar surface area (TPSA) is 49.3 Å². The zero-order valence-electron chi connectivity index (χ0n) is 13.1. The highest BCUT2D eigenvalue weighted by molar-refractivity contribution is 5.79. The Morgan fingerprint density at radius 2 is 2.10 bits per heavy atom. The van der Waals surface area contributed by atoms with Crippen LogP contribution < -0.4 is 10.6 Å². The minimum atomic E-state index is 0.711. The monoisotopic (exact) mass is 288 g/mol. The number of guanidine groups is 1. The maximum atomic E-state index is 4.29. The molecular formula is C17H28N4. The highest BCUT2D eigenvalue weighted by atomic mass is 15.2. The van der Waals surface area contributed by atoms with Crippen LogP contribution in [0.2, 0.25) is 0 Å². The predicted octanol–water partition coefficient (Wildman–Crippen LogP) is 3.11. The third kappa shape index (κ3) is 6.15. The molecule has 0 bridgehead atoms. The molecule has 1 aromatic rings. The number of nitrogens with one attached hydrogen (secondary N) is 2. The van der Waals surface area contributed by atoms with Crippen molar-refractivity contribution in [3.05, 3.63) is 30.1 Å². The molecule has 116 valence electrons. The summed E-state index contributed by atoms with van der Waals surface area (Å²) < 4.78 is 0. The van der Waals surface area contributed by atoms with Gasteiger partial charge in [-0.05, 0) is 24.5 Å². The smallest absolute Gasteiger partial charge is 0.191 e. The minimum Gasteiger partial charge on any atom is -0.356 e. The van der Waals surface area contributed by atoms with Crippen LogP contribution in [0.3, 0.4) is 0 Å². The molecule has 1 saturated carbocycles. The summed E-state index contributed by atoms with van der Waals surface area (Å²) in [6, 6.07) is 5.95. The lowest BCUT2D eigenvalue weighted by Gasteiger charge is -2.12. The van der Waals surface area contributed by atoms with Gasteiger partial charge in [-0.15, -0.1) is 0 Å². The van der Waals surface area contributed by atoms with Crippen molar-refractivity contribution in [3.8, 4) is 0 Å². The first-order valence-corrected chi connectivity index (χ1v) is 8.23. The van der Waals surface area contributed by atoms with Crippen molar-refractivity contribution in [1.82, 2.24) is 15.6 Å². The number of aromatic nitrogens is 1. The summed E-state index contributed by atoms with van der Waals surface area (Å²) in [6.45, 7) is 1.71. The predicted molar refractivity (Wildman–Crippen MR) is 88.2 cm³/mol. The van der Waals surface area contributed by atoms with E-state index in [1.54, 1.807) is 0 Å². The van der Waals surface area contributed by atoms with Crippen LogP contribution in [0, 0.1) is 5.92 Å². The first-order chi connectivity index (χ1) is 10.4. The largest absolute Gasteiger partial charge is 0.356 e. The molecule has 21 heavy (non-hydrogen) atoms. The number of hydrogen-bond donors (Lipinski definition) is 2. The Kier molecular flexibility index (Phi) is 7.05. The first-order valence-electron chi connectivity index (χ1n) is 8.23. The van der Waals surface area contributed by atoms with Gasteiger partial charge >= 0.3 is 0 Å². The maximum absolute atomic E-state index is 4.29. The Bertz CT molecular complexity index is 410. The van der Waals surface area contributed by atoms with Gasteiger partial charge in [0.05, 0.1) is 12.2 Å². The van der Waals surface area contributed by atoms with Gasteiger partial charge in [0.25, 0.3) is 0 Å². The van der Waals surface area contributed by atoms with E-state index in [1.807, 2.05) is 31.4 Å². The van der Waals surface area contributed by atoms with Gasteiger partial charge in [-0.2, -0.15) is 0 Å². The second kappa shape index (κ2) is 9.37. The Balaban J connectivity index is 1.55. The molecule has 0 amide bonds. The maximum Gasteiger partial charge on any atom is 0.191 e. The zero-order chi connectivity index (χ0) is 14.8. The first kappa shape index (κ1) is 15.8. The Hall–Kier alpha value is -1.58. The van der Waals surface area contributed by atoms with Crippen LogP contribution in [0.25, 0.3) is 0 Å². The van der Waals surface area contributed by atoms with Gasteiger partial charge in [0.2, 0.25) is 0 Å². The third-order valence-electron chi connectivity index (χ3n) is 4.19. The average Bonchev–Trinajstić information content (AvgIpc) is 3.04. The van der Waals surface area contributed by atoms with E-state index in [0.717, 1.165) is 24.1 Å². The fourth-order valence-electron chi connectivity index (χ4n) is 2.96. The van der Waals surface area contributed by atoms with Crippen molar-refractivity contribution in [1.29, 1.82) is 0 Å². The van der Waals surface area contributed by atoms with Crippen LogP contribution in [0.15, 0.2) is 29.4 Å². The van der Waals surface area contributed by atoms with E-state index >= 15 is 0 Å². The SMILES string of the molecule is CN=C(NCCCCC1CCCC1)NCc1ccccn1. The van der Waals surface area contributed by atoms with Crippen LogP contribution in [0.5, 0.6) is 0 Å². The fraction of sp³-hybridized carbons (Fsp3) is 0.647. The van der Waals surface area contributed by atoms with Gasteiger partial charge in [0, 0.05) is 19.8 Å². The molecule has 1 aromatic heterocycles. The van der Waals surface area contributed by atoms with Crippen molar-refractivity contribution in [2.24, 2.45) is 10.9 Å². The summed E-state index contributed by atoms with van der Waals surface area (Å²) in [5.41, 5.74) is 1.03. The molecule has 1 fully saturated rings. The quantitative estimate of drug-likeness (QED) is 0.460. The van der Waals surface area contributed by atoms with Gasteiger partial charge in [-0.3, -0.25) is 9.98 Å². The van der Waals surface area contributed by atoms with Crippen LogP contribution in [0.4, 0.5) is 0 Å². The standard InChI is InChI=1S/C17H28N4/c1-18-17(21-14-16-11-5-7-12-19-16)20-13-6-4-10-15-8-2-3-9-15/h5,7,11-12,15H,2-4,6,8-10,13-14H2,1H3,(H2,18,20,21). The van der Waals surface area contributed by atoms with Crippen LogP contribution in [-0.2, 0) is 6.54 Å². The number of pyridine rings is 1. The molecule has 0 saturated heterocycles. The van der Waals surface area contributed by atoms with Crippen molar-refractivity contribution in [3.63, 3.8) is 0 Å². The third-order valence-corrected chi connectivity index (χ3v) is 4.19. The van der Waals surface area contributed by atoms with Crippen molar-refractivity contribution in [2.75, 3.05) is 13.6 Å². The number of nitrogens with zero attached hydrogens (tertiary/aromatic N) is 2. The van der Waals surface area contributed by atoms with Gasteiger partial charge in [0.15, 0.2) is 5.96 Å². The van der Waals surface area contributed by atoms with E-state index in [0.29, 0.717) is 6.54 Å². The minimum absolute atomic E-state index is 0.711. The van der Waals surface area contributed by atoms with Crippen molar-refractivity contribution in [2.45, 2.75) is 51.5 Å². The Morgan fingerprint density at radius 1 is 1.24 bits per heavy atom. The van der Waals surface area contributed by atoms with E-state index in [4.69, 9.17) is 0 Å². The van der Waals surface area contributed by atoms with Crippen LogP contribution in [0.1, 0.15) is 50.6 Å². The average molecular weight is 288 g/mol. The normalized spacial score (nSPS) is 16.1. The molecule has 0 aliphatic heterocycles. The van der Waals surface area contributed by atoms with Crippen molar-refractivity contribution < 1.29 is 0 Å². The van der Waals surface area contributed by atoms with Gasteiger partial charge < -0.3 is 10.6 Å². The lowest BCUT2D eigenvalue weighted by atomic mass is 10.0. The molecule has 0 radical (unpaired) electrons. The summed E-state index contributed by atoms with van der Waals surface area (Å²) in [7, 11) is 1.81. The molecule has 1 aliphatic carbocycles. The number of unbranched alkanes of at least 4 members (excludes halogenated alkanes) is 1. The highest BCUT2D eigenvalue weighted by Gasteiger charge is 2.13. The summed E-state index contributed by atoms with van der Waals surface area (Å²) in [5, 5.41) is 6.67.